The summed E-state index contributed by atoms with van der Waals surface area (Å²) in [6.07, 6.45) is 0.172. The number of amides is 6. The molecule has 0 aliphatic carbocycles. The van der Waals surface area contributed by atoms with Gasteiger partial charge in [0.1, 0.15) is 12.6 Å². The predicted octanol–water partition coefficient (Wildman–Crippen LogP) is 2.45. The summed E-state index contributed by atoms with van der Waals surface area (Å²) in [5, 5.41) is 6.13. The quantitative estimate of drug-likeness (QED) is 0.0895. The van der Waals surface area contributed by atoms with Gasteiger partial charge in [0.15, 0.2) is 5.05 Å². The van der Waals surface area contributed by atoms with E-state index in [1.165, 1.54) is 4.90 Å². The topological polar surface area (TPSA) is 189 Å². The Morgan fingerprint density at radius 3 is 2.23 bits per heavy atom. The zero-order chi connectivity index (χ0) is 40.2. The number of anilines is 1. The Morgan fingerprint density at radius 2 is 1.52 bits per heavy atom. The molecule has 1 fully saturated rings. The summed E-state index contributed by atoms with van der Waals surface area (Å²) in [5.41, 5.74) is 9.47. The van der Waals surface area contributed by atoms with Gasteiger partial charge in [-0.15, -0.1) is 0 Å². The van der Waals surface area contributed by atoms with Gasteiger partial charge in [-0.2, -0.15) is 5.01 Å². The Balaban J connectivity index is 1.23. The SMILES string of the molecule is CCC[C@H](N)C(=S)OC(=O)[C@H](Cc1ccccc1)NC(=O)CNC(=O)CN(C(=O)CCC(=O)N1Cc2ccccc2C#Cc2ccccc21)N1C(=O)CCC1=O. The Labute approximate surface area is 329 Å². The van der Waals surface area contributed by atoms with Gasteiger partial charge in [-0.25, -0.2) is 9.80 Å². The summed E-state index contributed by atoms with van der Waals surface area (Å²) >= 11 is 5.18. The number of nitrogens with two attached hydrogens (primary N) is 1. The second-order valence-corrected chi connectivity index (χ2v) is 13.6. The van der Waals surface area contributed by atoms with Crippen molar-refractivity contribution in [2.24, 2.45) is 5.73 Å². The zero-order valence-electron chi connectivity index (χ0n) is 30.8. The van der Waals surface area contributed by atoms with Crippen LogP contribution in [0.25, 0.3) is 0 Å². The fraction of sp³-hybridized carbons (Fsp3) is 0.317. The maximum Gasteiger partial charge on any atom is 0.334 e. The highest BCUT2D eigenvalue weighted by Gasteiger charge is 2.38. The van der Waals surface area contributed by atoms with Crippen molar-refractivity contribution in [3.05, 3.63) is 101 Å². The number of para-hydroxylation sites is 1. The normalized spacial score (nSPS) is 14.1. The molecule has 14 nitrogen and oxygen atoms in total. The van der Waals surface area contributed by atoms with E-state index in [0.717, 1.165) is 11.1 Å². The number of hydrogen-bond donors (Lipinski definition) is 3. The highest BCUT2D eigenvalue weighted by atomic mass is 32.1. The number of nitrogens with one attached hydrogen (secondary N) is 2. The second-order valence-electron chi connectivity index (χ2n) is 13.2. The molecule has 0 spiro atoms. The average Bonchev–Trinajstić information content (AvgIpc) is 3.52. The minimum Gasteiger partial charge on any atom is -0.416 e. The highest BCUT2D eigenvalue weighted by molar-refractivity contribution is 7.80. The van der Waals surface area contributed by atoms with Crippen molar-refractivity contribution in [1.82, 2.24) is 20.7 Å². The number of carbonyl (C=O) groups is 7. The minimum absolute atomic E-state index is 0.0497. The summed E-state index contributed by atoms with van der Waals surface area (Å²) in [5.74, 6) is 1.16. The molecule has 56 heavy (non-hydrogen) atoms. The van der Waals surface area contributed by atoms with Crippen LogP contribution in [0.15, 0.2) is 78.9 Å². The zero-order valence-corrected chi connectivity index (χ0v) is 31.6. The maximum atomic E-state index is 13.8. The van der Waals surface area contributed by atoms with Crippen molar-refractivity contribution in [2.75, 3.05) is 18.0 Å². The van der Waals surface area contributed by atoms with Gasteiger partial charge in [-0.05, 0) is 48.0 Å². The van der Waals surface area contributed by atoms with Crippen LogP contribution in [0.1, 0.15) is 67.7 Å². The molecule has 0 saturated carbocycles. The molecular formula is C41H42N6O8S. The van der Waals surface area contributed by atoms with Gasteiger partial charge < -0.3 is 26.0 Å². The van der Waals surface area contributed by atoms with Crippen LogP contribution in [0, 0.1) is 11.8 Å². The molecule has 2 aliphatic heterocycles. The first-order chi connectivity index (χ1) is 26.9. The molecule has 0 radical (unpaired) electrons. The van der Waals surface area contributed by atoms with Gasteiger partial charge >= 0.3 is 5.97 Å². The van der Waals surface area contributed by atoms with Crippen LogP contribution in [0.4, 0.5) is 5.69 Å². The number of hydrogen-bond acceptors (Lipinski definition) is 10. The number of carbonyl (C=O) groups excluding carboxylic acids is 7. The molecule has 4 N–H and O–H groups in total. The van der Waals surface area contributed by atoms with E-state index >= 15 is 0 Å². The first kappa shape index (κ1) is 40.9. The number of imide groups is 1. The summed E-state index contributed by atoms with van der Waals surface area (Å²) in [6.45, 7) is 0.668. The third-order valence-corrected chi connectivity index (χ3v) is 9.41. The monoisotopic (exact) mass is 778 g/mol. The highest BCUT2D eigenvalue weighted by Crippen LogP contribution is 2.26. The number of thiocarbonyl (C=S) groups is 1. The average molecular weight is 779 g/mol. The number of esters is 1. The molecule has 0 aromatic heterocycles. The van der Waals surface area contributed by atoms with Crippen LogP contribution in [0.3, 0.4) is 0 Å². The fourth-order valence-electron chi connectivity index (χ4n) is 6.12. The van der Waals surface area contributed by atoms with Gasteiger partial charge in [-0.3, -0.25) is 28.8 Å². The fourth-order valence-corrected chi connectivity index (χ4v) is 6.32. The van der Waals surface area contributed by atoms with Crippen molar-refractivity contribution in [1.29, 1.82) is 0 Å². The van der Waals surface area contributed by atoms with Gasteiger partial charge in [0, 0.05) is 43.2 Å². The van der Waals surface area contributed by atoms with Crippen LogP contribution >= 0.6 is 12.2 Å². The molecule has 2 heterocycles. The van der Waals surface area contributed by atoms with E-state index in [1.807, 2.05) is 37.3 Å². The van der Waals surface area contributed by atoms with Crippen LogP contribution in [-0.4, -0.2) is 81.7 Å². The number of ether oxygens (including phenoxy) is 1. The smallest absolute Gasteiger partial charge is 0.334 e. The molecule has 0 unspecified atom stereocenters. The van der Waals surface area contributed by atoms with E-state index in [2.05, 4.69) is 22.5 Å². The lowest BCUT2D eigenvalue weighted by atomic mass is 10.0. The van der Waals surface area contributed by atoms with Crippen LogP contribution in [-0.2, 0) is 51.3 Å². The van der Waals surface area contributed by atoms with E-state index in [0.29, 0.717) is 39.7 Å². The molecular weight excluding hydrogens is 737 g/mol. The number of fused-ring (bicyclic) bond motifs is 2. The molecule has 1 saturated heterocycles. The van der Waals surface area contributed by atoms with E-state index in [-0.39, 0.29) is 37.3 Å². The summed E-state index contributed by atoms with van der Waals surface area (Å²) in [6, 6.07) is 21.6. The van der Waals surface area contributed by atoms with Crippen LogP contribution < -0.4 is 21.3 Å². The molecule has 2 aliphatic rings. The Morgan fingerprint density at radius 1 is 0.875 bits per heavy atom. The minimum atomic E-state index is -1.19. The predicted molar refractivity (Wildman–Crippen MR) is 209 cm³/mol. The summed E-state index contributed by atoms with van der Waals surface area (Å²) in [4.78, 5) is 93.8. The van der Waals surface area contributed by atoms with Crippen LogP contribution in [0.5, 0.6) is 0 Å². The molecule has 3 aromatic carbocycles. The summed E-state index contributed by atoms with van der Waals surface area (Å²) < 4.78 is 5.32. The summed E-state index contributed by atoms with van der Waals surface area (Å²) in [7, 11) is 0. The third kappa shape index (κ3) is 10.7. The number of benzene rings is 3. The molecule has 0 bridgehead atoms. The van der Waals surface area contributed by atoms with E-state index in [9.17, 15) is 33.6 Å². The molecule has 6 amide bonds. The maximum absolute atomic E-state index is 13.8. The van der Waals surface area contributed by atoms with Crippen molar-refractivity contribution in [3.8, 4) is 11.8 Å². The first-order valence-corrected chi connectivity index (χ1v) is 18.6. The van der Waals surface area contributed by atoms with Gasteiger partial charge in [0.2, 0.25) is 35.4 Å². The Bertz CT molecular complexity index is 2060. The number of hydrazine groups is 1. The van der Waals surface area contributed by atoms with Crippen molar-refractivity contribution in [3.63, 3.8) is 0 Å². The van der Waals surface area contributed by atoms with Crippen LogP contribution in [0.2, 0.25) is 0 Å². The lowest BCUT2D eigenvalue weighted by Gasteiger charge is -2.30. The largest absolute Gasteiger partial charge is 0.416 e. The van der Waals surface area contributed by atoms with Gasteiger partial charge in [0.25, 0.3) is 0 Å². The second kappa shape index (κ2) is 19.4. The standard InChI is InChI=1S/C41H42N6O8S/c1-2-10-31(42)41(56)55-40(54)32(23-27-11-4-3-5-12-27)44-34(48)24-43-35(49)26-46(47-38(52)21-22-39(47)53)37(51)20-19-36(50)45-25-30-15-7-6-13-28(30)17-18-29-14-8-9-16-33(29)45/h3-9,11-16,31-32H,2,10,19-26,42H2,1H3,(H,43,49)(H,44,48)/t31-,32-/m0/s1. The van der Waals surface area contributed by atoms with Gasteiger partial charge in [-0.1, -0.05) is 85.8 Å². The first-order valence-electron chi connectivity index (χ1n) is 18.2. The number of nitrogens with zero attached hydrogens (tertiary/aromatic N) is 3. The molecule has 15 heteroatoms. The van der Waals surface area contributed by atoms with E-state index in [4.69, 9.17) is 22.7 Å². The third-order valence-electron chi connectivity index (χ3n) is 9.03. The lowest BCUT2D eigenvalue weighted by Crippen LogP contribution is -2.54. The Hall–Kier alpha value is -6.24. The van der Waals surface area contributed by atoms with Crippen molar-refractivity contribution >= 4 is 64.4 Å². The van der Waals surface area contributed by atoms with E-state index in [1.54, 1.807) is 48.5 Å². The molecule has 5 rings (SSSR count). The molecule has 3 aromatic rings. The molecule has 2 atom stereocenters. The van der Waals surface area contributed by atoms with E-state index < -0.39 is 73.0 Å². The number of rotatable bonds is 15. The van der Waals surface area contributed by atoms with Crippen molar-refractivity contribution in [2.45, 2.75) is 70.5 Å². The lowest BCUT2D eigenvalue weighted by molar-refractivity contribution is -0.169. The molecule has 290 valence electrons. The van der Waals surface area contributed by atoms with Crippen molar-refractivity contribution < 1.29 is 38.3 Å². The van der Waals surface area contributed by atoms with Gasteiger partial charge in [0.05, 0.1) is 24.8 Å². The Kier molecular flexibility index (Phi) is 14.2.